The molecule has 0 unspecified atom stereocenters. The Kier molecular flexibility index (Phi) is 4.64. The standard InChI is InChI=1S/C33H13FN4S/c1-16-10-23-26(17(12-35)13-36)32-30(28(23)21-8-4-2-6-19(16)21)31-29-22-9-5-3-7-20(22)25(34)11-24(29)27(33(31)39-32)18(14-37)15-38/h2-11H,1H3. The average Bonchev–Trinajstić information content (AvgIpc) is 3.57. The molecule has 2 aliphatic rings. The first-order chi connectivity index (χ1) is 19.0. The van der Waals surface area contributed by atoms with Crippen molar-refractivity contribution in [1.29, 1.82) is 21.0 Å². The molecule has 0 spiro atoms. The lowest BCUT2D eigenvalue weighted by Crippen LogP contribution is -1.91. The monoisotopic (exact) mass is 516 g/mol. The van der Waals surface area contributed by atoms with E-state index in [9.17, 15) is 21.0 Å². The van der Waals surface area contributed by atoms with Crippen molar-refractivity contribution in [3.8, 4) is 46.5 Å². The van der Waals surface area contributed by atoms with Gasteiger partial charge in [0.15, 0.2) is 0 Å². The second-order valence-electron chi connectivity index (χ2n) is 9.45. The summed E-state index contributed by atoms with van der Waals surface area (Å²) in [5.74, 6) is -0.429. The SMILES string of the molecule is Cc1cc2c(c3ccccc13)-c1c(sc3c1-c1c(cc(F)c4ccccc14)C3=C(C#N)C#N)C2=C(C#N)C#N. The summed E-state index contributed by atoms with van der Waals surface area (Å²) < 4.78 is 15.4. The first kappa shape index (κ1) is 22.7. The molecule has 0 N–H and O–H groups in total. The van der Waals surface area contributed by atoms with Crippen LogP contribution in [0.15, 0.2) is 71.8 Å². The van der Waals surface area contributed by atoms with Gasteiger partial charge in [-0.2, -0.15) is 21.0 Å². The smallest absolute Gasteiger partial charge is 0.138 e. The predicted molar refractivity (Wildman–Crippen MR) is 149 cm³/mol. The fraction of sp³-hybridized carbons (Fsp3) is 0.0303. The van der Waals surface area contributed by atoms with E-state index in [0.29, 0.717) is 32.4 Å². The first-order valence-electron chi connectivity index (χ1n) is 12.1. The molecule has 0 radical (unpaired) electrons. The molecule has 7 rings (SSSR count). The van der Waals surface area contributed by atoms with E-state index in [1.807, 2.05) is 61.5 Å². The minimum atomic E-state index is -0.429. The number of hydrogen-bond acceptors (Lipinski definition) is 5. The molecule has 1 heterocycles. The fourth-order valence-corrected chi connectivity index (χ4v) is 7.54. The highest BCUT2D eigenvalue weighted by Crippen LogP contribution is 2.63. The number of hydrogen-bond donors (Lipinski definition) is 0. The molecule has 4 nitrogen and oxygen atoms in total. The van der Waals surface area contributed by atoms with Crippen molar-refractivity contribution in [3.63, 3.8) is 0 Å². The summed E-state index contributed by atoms with van der Waals surface area (Å²) in [6.07, 6.45) is 0. The van der Waals surface area contributed by atoms with Gasteiger partial charge in [0.1, 0.15) is 41.2 Å². The van der Waals surface area contributed by atoms with Crippen molar-refractivity contribution in [3.05, 3.63) is 104 Å². The Morgan fingerprint density at radius 3 is 1.56 bits per heavy atom. The van der Waals surface area contributed by atoms with E-state index >= 15 is 4.39 Å². The molecule has 6 heteroatoms. The minimum absolute atomic E-state index is 0.000103. The van der Waals surface area contributed by atoms with Crippen LogP contribution in [0.4, 0.5) is 4.39 Å². The molecular weight excluding hydrogens is 503 g/mol. The number of rotatable bonds is 0. The van der Waals surface area contributed by atoms with Crippen LogP contribution >= 0.6 is 11.3 Å². The van der Waals surface area contributed by atoms with Gasteiger partial charge in [-0.3, -0.25) is 0 Å². The van der Waals surface area contributed by atoms with E-state index in [4.69, 9.17) is 0 Å². The maximum Gasteiger partial charge on any atom is 0.138 e. The van der Waals surface area contributed by atoms with Crippen LogP contribution in [0.1, 0.15) is 26.4 Å². The maximum atomic E-state index is 15.4. The molecule has 0 saturated heterocycles. The summed E-state index contributed by atoms with van der Waals surface area (Å²) in [6, 6.07) is 26.8. The van der Waals surface area contributed by atoms with E-state index in [0.717, 1.165) is 49.0 Å². The zero-order valence-electron chi connectivity index (χ0n) is 20.3. The number of thiophene rings is 1. The summed E-state index contributed by atoms with van der Waals surface area (Å²) in [4.78, 5) is 1.42. The zero-order valence-corrected chi connectivity index (χ0v) is 21.2. The molecule has 4 aromatic carbocycles. The highest BCUT2D eigenvalue weighted by Gasteiger charge is 2.41. The van der Waals surface area contributed by atoms with Crippen molar-refractivity contribution < 1.29 is 4.39 Å². The Hall–Kier alpha value is -5.53. The van der Waals surface area contributed by atoms with Crippen molar-refractivity contribution in [2.75, 3.05) is 0 Å². The van der Waals surface area contributed by atoms with Gasteiger partial charge in [-0.1, -0.05) is 54.6 Å². The summed E-state index contributed by atoms with van der Waals surface area (Å²) in [7, 11) is 0. The summed E-state index contributed by atoms with van der Waals surface area (Å²) in [6.45, 7) is 2.01. The number of allylic oxidation sites excluding steroid dienone is 2. The molecule has 0 amide bonds. The van der Waals surface area contributed by atoms with Crippen molar-refractivity contribution >= 4 is 44.0 Å². The fourth-order valence-electron chi connectivity index (χ4n) is 6.10. The van der Waals surface area contributed by atoms with E-state index in [1.165, 1.54) is 17.4 Å². The van der Waals surface area contributed by atoms with E-state index in [2.05, 4.69) is 12.1 Å². The van der Waals surface area contributed by atoms with E-state index in [1.54, 1.807) is 12.1 Å². The summed E-state index contributed by atoms with van der Waals surface area (Å²) in [5, 5.41) is 42.8. The number of fused-ring (bicyclic) bond motifs is 11. The van der Waals surface area contributed by atoms with Gasteiger partial charge >= 0.3 is 0 Å². The lowest BCUT2D eigenvalue weighted by atomic mass is 9.90. The number of aryl methyl sites for hydroxylation is 1. The maximum absolute atomic E-state index is 15.4. The van der Waals surface area contributed by atoms with Crippen LogP contribution in [-0.2, 0) is 0 Å². The lowest BCUT2D eigenvalue weighted by molar-refractivity contribution is 0.639. The second kappa shape index (κ2) is 7.98. The van der Waals surface area contributed by atoms with Crippen LogP contribution in [0.25, 0.3) is 54.9 Å². The van der Waals surface area contributed by atoms with Crippen molar-refractivity contribution in [2.45, 2.75) is 6.92 Å². The van der Waals surface area contributed by atoms with Crippen LogP contribution in [-0.4, -0.2) is 0 Å². The quantitative estimate of drug-likeness (QED) is 0.190. The molecule has 1 aromatic heterocycles. The second-order valence-corrected chi connectivity index (χ2v) is 10.5. The highest BCUT2D eigenvalue weighted by molar-refractivity contribution is 7.16. The molecule has 0 aliphatic heterocycles. The van der Waals surface area contributed by atoms with Gasteiger partial charge in [-0.05, 0) is 57.0 Å². The Balaban J connectivity index is 1.77. The molecule has 0 atom stereocenters. The Labute approximate surface area is 226 Å². The molecule has 0 bridgehead atoms. The van der Waals surface area contributed by atoms with Gasteiger partial charge in [-0.15, -0.1) is 11.3 Å². The average molecular weight is 517 g/mol. The van der Waals surface area contributed by atoms with Crippen molar-refractivity contribution in [2.24, 2.45) is 0 Å². The van der Waals surface area contributed by atoms with E-state index in [-0.39, 0.29) is 11.1 Å². The van der Waals surface area contributed by atoms with E-state index < -0.39 is 5.82 Å². The van der Waals surface area contributed by atoms with Crippen LogP contribution in [0, 0.1) is 58.1 Å². The van der Waals surface area contributed by atoms with Crippen LogP contribution in [0.5, 0.6) is 0 Å². The van der Waals surface area contributed by atoms with Gasteiger partial charge < -0.3 is 0 Å². The molecule has 39 heavy (non-hydrogen) atoms. The molecule has 5 aromatic rings. The topological polar surface area (TPSA) is 95.2 Å². The van der Waals surface area contributed by atoms with Gasteiger partial charge in [0, 0.05) is 37.4 Å². The first-order valence-corrected chi connectivity index (χ1v) is 12.9. The highest BCUT2D eigenvalue weighted by atomic mass is 32.1. The molecular formula is C33H13FN4S. The Morgan fingerprint density at radius 1 is 0.615 bits per heavy atom. The Bertz CT molecular complexity index is 2050. The zero-order chi connectivity index (χ0) is 27.0. The minimum Gasteiger partial charge on any atom is -0.206 e. The number of benzene rings is 4. The van der Waals surface area contributed by atoms with Crippen LogP contribution in [0.2, 0.25) is 0 Å². The summed E-state index contributed by atoms with van der Waals surface area (Å²) in [5.41, 5.74) is 6.48. The normalized spacial score (nSPS) is 12.2. The third kappa shape index (κ3) is 2.76. The molecule has 0 saturated carbocycles. The van der Waals surface area contributed by atoms with Crippen LogP contribution in [0.3, 0.4) is 0 Å². The number of nitriles is 4. The molecule has 2 aliphatic carbocycles. The van der Waals surface area contributed by atoms with Gasteiger partial charge in [-0.25, -0.2) is 4.39 Å². The Morgan fingerprint density at radius 2 is 1.05 bits per heavy atom. The predicted octanol–water partition coefficient (Wildman–Crippen LogP) is 8.16. The largest absolute Gasteiger partial charge is 0.206 e. The van der Waals surface area contributed by atoms with Gasteiger partial charge in [0.2, 0.25) is 0 Å². The molecule has 0 fully saturated rings. The summed E-state index contributed by atoms with van der Waals surface area (Å²) >= 11 is 1.34. The lowest BCUT2D eigenvalue weighted by Gasteiger charge is -2.13. The number of nitrogens with zero attached hydrogens (tertiary/aromatic N) is 4. The van der Waals surface area contributed by atoms with Gasteiger partial charge in [0.05, 0.1) is 0 Å². The third-order valence-electron chi connectivity index (χ3n) is 7.59. The van der Waals surface area contributed by atoms with Crippen LogP contribution < -0.4 is 0 Å². The number of halogens is 1. The van der Waals surface area contributed by atoms with Crippen molar-refractivity contribution in [1.82, 2.24) is 0 Å². The third-order valence-corrected chi connectivity index (χ3v) is 8.82. The molecule has 178 valence electrons. The van der Waals surface area contributed by atoms with Gasteiger partial charge in [0.25, 0.3) is 0 Å².